The fourth-order valence-corrected chi connectivity index (χ4v) is 5.16. The number of hydrogen-bond acceptors (Lipinski definition) is 6. The van der Waals surface area contributed by atoms with Gasteiger partial charge in [-0.1, -0.05) is 0 Å². The molecule has 36 heavy (non-hydrogen) atoms. The fraction of sp³-hybridized carbons (Fsp3) is 0.444. The molecule has 3 aromatic heterocycles. The quantitative estimate of drug-likeness (QED) is 0.343. The van der Waals surface area contributed by atoms with Gasteiger partial charge in [0, 0.05) is 61.6 Å². The molecule has 1 aliphatic rings. The molecule has 1 fully saturated rings. The number of fused-ring (bicyclic) bond motifs is 3. The van der Waals surface area contributed by atoms with Crippen molar-refractivity contribution in [3.8, 4) is 17.0 Å². The van der Waals surface area contributed by atoms with Crippen LogP contribution in [0.1, 0.15) is 31.7 Å². The lowest BCUT2D eigenvalue weighted by molar-refractivity contribution is 0.106. The maximum Gasteiger partial charge on any atom is 0.329 e. The molecule has 3 heterocycles. The number of halogens is 1. The van der Waals surface area contributed by atoms with Gasteiger partial charge in [0.2, 0.25) is 5.88 Å². The summed E-state index contributed by atoms with van der Waals surface area (Å²) in [6.45, 7) is 1.50. The monoisotopic (exact) mass is 493 g/mol. The van der Waals surface area contributed by atoms with Crippen molar-refractivity contribution < 1.29 is 13.9 Å². The Bertz CT molecular complexity index is 1440. The van der Waals surface area contributed by atoms with E-state index in [1.165, 1.54) is 6.07 Å². The summed E-state index contributed by atoms with van der Waals surface area (Å²) in [4.78, 5) is 24.2. The molecule has 0 bridgehead atoms. The molecule has 0 radical (unpaired) electrons. The van der Waals surface area contributed by atoms with Crippen molar-refractivity contribution in [3.05, 3.63) is 53.0 Å². The largest absolute Gasteiger partial charge is 0.478 e. The van der Waals surface area contributed by atoms with Gasteiger partial charge in [0.05, 0.1) is 35.5 Å². The summed E-state index contributed by atoms with van der Waals surface area (Å²) in [6.07, 6.45) is 6.83. The van der Waals surface area contributed by atoms with Gasteiger partial charge in [-0.3, -0.25) is 14.1 Å². The van der Waals surface area contributed by atoms with Crippen molar-refractivity contribution >= 4 is 21.9 Å². The number of pyridine rings is 2. The van der Waals surface area contributed by atoms with E-state index in [4.69, 9.17) is 9.47 Å². The smallest absolute Gasteiger partial charge is 0.329 e. The molecule has 190 valence electrons. The van der Waals surface area contributed by atoms with Crippen LogP contribution in [0.25, 0.3) is 33.1 Å². The van der Waals surface area contributed by atoms with Crippen LogP contribution < -0.4 is 10.4 Å². The second kappa shape index (κ2) is 9.99. The molecule has 5 rings (SSSR count). The molecular formula is C27H32FN5O3. The molecule has 0 saturated heterocycles. The Balaban J connectivity index is 1.54. The van der Waals surface area contributed by atoms with Crippen molar-refractivity contribution in [1.29, 1.82) is 0 Å². The van der Waals surface area contributed by atoms with Crippen molar-refractivity contribution in [2.24, 2.45) is 7.05 Å². The van der Waals surface area contributed by atoms with E-state index in [-0.39, 0.29) is 23.7 Å². The maximum absolute atomic E-state index is 15.2. The zero-order valence-electron chi connectivity index (χ0n) is 21.2. The van der Waals surface area contributed by atoms with Crippen LogP contribution in [-0.4, -0.2) is 64.5 Å². The Kier molecular flexibility index (Phi) is 6.77. The van der Waals surface area contributed by atoms with Crippen LogP contribution in [0.3, 0.4) is 0 Å². The molecule has 0 aliphatic heterocycles. The van der Waals surface area contributed by atoms with E-state index in [9.17, 15) is 4.79 Å². The fourth-order valence-electron chi connectivity index (χ4n) is 5.16. The Hall–Kier alpha value is -3.30. The van der Waals surface area contributed by atoms with E-state index in [2.05, 4.69) is 14.9 Å². The second-order valence-electron chi connectivity index (χ2n) is 9.77. The van der Waals surface area contributed by atoms with Crippen LogP contribution in [0.4, 0.5) is 4.39 Å². The molecule has 4 aromatic rings. The Morgan fingerprint density at radius 1 is 1.17 bits per heavy atom. The highest BCUT2D eigenvalue weighted by molar-refractivity contribution is 6.04. The molecule has 8 nitrogen and oxygen atoms in total. The molecule has 1 aromatic carbocycles. The van der Waals surface area contributed by atoms with E-state index < -0.39 is 0 Å². The van der Waals surface area contributed by atoms with Crippen LogP contribution in [-0.2, 0) is 11.8 Å². The van der Waals surface area contributed by atoms with Gasteiger partial charge in [0.15, 0.2) is 0 Å². The topological polar surface area (TPSA) is 74.4 Å². The van der Waals surface area contributed by atoms with E-state index in [0.29, 0.717) is 29.1 Å². The Morgan fingerprint density at radius 2 is 2.00 bits per heavy atom. The maximum atomic E-state index is 15.2. The second-order valence-corrected chi connectivity index (χ2v) is 9.77. The number of aryl methyl sites for hydroxylation is 1. The predicted octanol–water partition coefficient (Wildman–Crippen LogP) is 4.16. The van der Waals surface area contributed by atoms with Gasteiger partial charge in [-0.2, -0.15) is 0 Å². The number of aromatic nitrogens is 4. The van der Waals surface area contributed by atoms with E-state index in [1.807, 2.05) is 24.7 Å². The summed E-state index contributed by atoms with van der Waals surface area (Å²) in [5.74, 6) is 0.120. The van der Waals surface area contributed by atoms with Crippen LogP contribution in [0, 0.1) is 5.82 Å². The van der Waals surface area contributed by atoms with Gasteiger partial charge in [0.25, 0.3) is 0 Å². The SMILES string of the molecule is CO[C@H]1CC[C@@H](n2c(=O)n(C)c3cnc4cc(F)c(-c5ccc(OCCCN(C)C)nc5)cc4c32)C1. The first-order valence-corrected chi connectivity index (χ1v) is 12.3. The third-order valence-electron chi connectivity index (χ3n) is 7.11. The first-order chi connectivity index (χ1) is 17.4. The van der Waals surface area contributed by atoms with E-state index in [0.717, 1.165) is 48.6 Å². The normalized spacial score (nSPS) is 18.1. The molecule has 9 heteroatoms. The molecule has 2 atom stereocenters. The van der Waals surface area contributed by atoms with Crippen LogP contribution in [0.15, 0.2) is 41.5 Å². The highest BCUT2D eigenvalue weighted by Crippen LogP contribution is 2.36. The highest BCUT2D eigenvalue weighted by Gasteiger charge is 2.30. The van der Waals surface area contributed by atoms with Gasteiger partial charge >= 0.3 is 5.69 Å². The number of benzene rings is 1. The third kappa shape index (κ3) is 4.49. The molecule has 0 spiro atoms. The van der Waals surface area contributed by atoms with E-state index >= 15 is 4.39 Å². The summed E-state index contributed by atoms with van der Waals surface area (Å²) in [5.41, 5.74) is 2.97. The zero-order chi connectivity index (χ0) is 25.4. The van der Waals surface area contributed by atoms with Crippen LogP contribution >= 0.6 is 0 Å². The highest BCUT2D eigenvalue weighted by atomic mass is 19.1. The molecule has 0 amide bonds. The Morgan fingerprint density at radius 3 is 2.69 bits per heavy atom. The summed E-state index contributed by atoms with van der Waals surface area (Å²) < 4.78 is 30.0. The third-order valence-corrected chi connectivity index (χ3v) is 7.11. The van der Waals surface area contributed by atoms with Gasteiger partial charge < -0.3 is 14.4 Å². The minimum Gasteiger partial charge on any atom is -0.478 e. The number of ether oxygens (including phenoxy) is 2. The summed E-state index contributed by atoms with van der Waals surface area (Å²) in [6, 6.07) is 6.81. The minimum atomic E-state index is -0.388. The van der Waals surface area contributed by atoms with Gasteiger partial charge in [0.1, 0.15) is 5.82 Å². The van der Waals surface area contributed by atoms with Crippen molar-refractivity contribution in [3.63, 3.8) is 0 Å². The van der Waals surface area contributed by atoms with Crippen molar-refractivity contribution in [2.45, 2.75) is 37.8 Å². The zero-order valence-corrected chi connectivity index (χ0v) is 21.2. The van der Waals surface area contributed by atoms with Gasteiger partial charge in [-0.25, -0.2) is 14.2 Å². The molecule has 0 N–H and O–H groups in total. The minimum absolute atomic E-state index is 0.0239. The predicted molar refractivity (Wildman–Crippen MR) is 138 cm³/mol. The molecule has 0 unspecified atom stereocenters. The lowest BCUT2D eigenvalue weighted by Gasteiger charge is -2.14. The van der Waals surface area contributed by atoms with Crippen LogP contribution in [0.5, 0.6) is 5.88 Å². The summed E-state index contributed by atoms with van der Waals surface area (Å²) in [5, 5.41) is 0.742. The number of hydrogen-bond donors (Lipinski definition) is 0. The van der Waals surface area contributed by atoms with Gasteiger partial charge in [-0.15, -0.1) is 0 Å². The van der Waals surface area contributed by atoms with Crippen LogP contribution in [0.2, 0.25) is 0 Å². The lowest BCUT2D eigenvalue weighted by atomic mass is 10.0. The summed E-state index contributed by atoms with van der Waals surface area (Å²) >= 11 is 0. The molecular weight excluding hydrogens is 461 g/mol. The number of nitrogens with zero attached hydrogens (tertiary/aromatic N) is 5. The summed E-state index contributed by atoms with van der Waals surface area (Å²) in [7, 11) is 7.51. The lowest BCUT2D eigenvalue weighted by Crippen LogP contribution is -2.25. The average Bonchev–Trinajstić information content (AvgIpc) is 3.44. The Labute approximate surface area is 209 Å². The molecule has 1 saturated carbocycles. The molecule has 1 aliphatic carbocycles. The van der Waals surface area contributed by atoms with Crippen molar-refractivity contribution in [2.75, 3.05) is 34.4 Å². The van der Waals surface area contributed by atoms with E-state index in [1.54, 1.807) is 43.3 Å². The first-order valence-electron chi connectivity index (χ1n) is 12.3. The van der Waals surface area contributed by atoms with Gasteiger partial charge in [-0.05, 0) is 51.9 Å². The first kappa shape index (κ1) is 24.4. The number of rotatable bonds is 8. The average molecular weight is 494 g/mol. The number of imidazole rings is 1. The van der Waals surface area contributed by atoms with Crippen molar-refractivity contribution in [1.82, 2.24) is 24.0 Å². The standard InChI is InChI=1S/C27H32FN5O3/c1-31(2)10-5-11-36-25-9-6-17(15-30-25)20-13-21-23(14-22(20)28)29-16-24-26(21)33(27(34)32(24)3)18-7-8-19(12-18)35-4/h6,9,13-16,18-19H,5,7-8,10-12H2,1-4H3/t18-,19+/m1/s1. The number of methoxy groups -OCH3 is 1.